The molecule has 0 saturated carbocycles. The molecule has 0 aliphatic carbocycles. The molecule has 1 aromatic carbocycles. The van der Waals surface area contributed by atoms with Crippen LogP contribution in [0.25, 0.3) is 22.3 Å². The first-order valence-electron chi connectivity index (χ1n) is 7.81. The molecule has 4 aromatic rings. The van der Waals surface area contributed by atoms with Crippen LogP contribution in [0.5, 0.6) is 0 Å². The number of rotatable bonds is 3. The Balaban J connectivity index is 1.74. The number of hydrogen-bond acceptors (Lipinski definition) is 4. The number of aromatic amines is 1. The van der Waals surface area contributed by atoms with Crippen molar-refractivity contribution in [1.82, 2.24) is 19.9 Å². The monoisotopic (exact) mass is 315 g/mol. The lowest BCUT2D eigenvalue weighted by molar-refractivity contribution is 1.16. The van der Waals surface area contributed by atoms with Crippen LogP contribution in [0.2, 0.25) is 0 Å². The fourth-order valence-corrected chi connectivity index (χ4v) is 2.86. The molecular formula is C19H17N5. The second-order valence-corrected chi connectivity index (χ2v) is 5.76. The Morgan fingerprint density at radius 1 is 0.917 bits per heavy atom. The number of hydrogen-bond donors (Lipinski definition) is 2. The number of pyridine rings is 1. The average Bonchev–Trinajstić information content (AvgIpc) is 3.03. The zero-order valence-electron chi connectivity index (χ0n) is 13.5. The van der Waals surface area contributed by atoms with Crippen molar-refractivity contribution in [2.45, 2.75) is 13.8 Å². The number of para-hydroxylation sites is 1. The summed E-state index contributed by atoms with van der Waals surface area (Å²) >= 11 is 0. The van der Waals surface area contributed by atoms with Crippen LogP contribution in [-0.4, -0.2) is 19.9 Å². The van der Waals surface area contributed by atoms with Crippen LogP contribution in [0.4, 0.5) is 11.6 Å². The summed E-state index contributed by atoms with van der Waals surface area (Å²) in [7, 11) is 0. The number of fused-ring (bicyclic) bond motifs is 1. The molecule has 0 unspecified atom stereocenters. The van der Waals surface area contributed by atoms with Gasteiger partial charge in [-0.05, 0) is 43.2 Å². The van der Waals surface area contributed by atoms with Gasteiger partial charge in [-0.1, -0.05) is 18.2 Å². The van der Waals surface area contributed by atoms with E-state index in [2.05, 4.69) is 51.2 Å². The summed E-state index contributed by atoms with van der Waals surface area (Å²) in [6.07, 6.45) is 5.48. The van der Waals surface area contributed by atoms with E-state index in [4.69, 9.17) is 0 Å². The van der Waals surface area contributed by atoms with E-state index < -0.39 is 0 Å². The maximum atomic E-state index is 4.67. The second kappa shape index (κ2) is 5.77. The zero-order chi connectivity index (χ0) is 16.5. The topological polar surface area (TPSA) is 66.5 Å². The lowest BCUT2D eigenvalue weighted by Gasteiger charge is -2.11. The minimum atomic E-state index is 0.586. The van der Waals surface area contributed by atoms with E-state index in [1.165, 1.54) is 11.1 Å². The number of anilines is 2. The van der Waals surface area contributed by atoms with Crippen molar-refractivity contribution >= 4 is 22.7 Å². The van der Waals surface area contributed by atoms with Crippen molar-refractivity contribution in [2.75, 3.05) is 5.32 Å². The van der Waals surface area contributed by atoms with Gasteiger partial charge in [0.1, 0.15) is 5.65 Å². The highest BCUT2D eigenvalue weighted by molar-refractivity contribution is 5.92. The van der Waals surface area contributed by atoms with Gasteiger partial charge in [-0.2, -0.15) is 0 Å². The third kappa shape index (κ3) is 2.50. The standard InChI is InChI=1S/C19H17N5/c1-12-5-3-6-13(2)17(12)24-19-21-10-8-16(23-19)15-11-22-18-14(15)7-4-9-20-18/h3-11H,1-2H3,(H,20,22)(H,21,23,24). The minimum absolute atomic E-state index is 0.586. The van der Waals surface area contributed by atoms with Crippen molar-refractivity contribution in [3.05, 3.63) is 66.1 Å². The molecule has 0 aliphatic rings. The summed E-state index contributed by atoms with van der Waals surface area (Å²) in [5.74, 6) is 0.586. The van der Waals surface area contributed by atoms with Crippen molar-refractivity contribution in [3.63, 3.8) is 0 Å². The van der Waals surface area contributed by atoms with Crippen LogP contribution in [0.1, 0.15) is 11.1 Å². The van der Waals surface area contributed by atoms with E-state index in [1.54, 1.807) is 12.4 Å². The molecule has 0 aliphatic heterocycles. The van der Waals surface area contributed by atoms with Gasteiger partial charge in [-0.3, -0.25) is 0 Å². The van der Waals surface area contributed by atoms with Gasteiger partial charge in [-0.15, -0.1) is 0 Å². The van der Waals surface area contributed by atoms with Crippen molar-refractivity contribution in [2.24, 2.45) is 0 Å². The van der Waals surface area contributed by atoms with Crippen molar-refractivity contribution in [1.29, 1.82) is 0 Å². The summed E-state index contributed by atoms with van der Waals surface area (Å²) in [5, 5.41) is 4.39. The first-order valence-corrected chi connectivity index (χ1v) is 7.81. The van der Waals surface area contributed by atoms with Crippen LogP contribution in [0.3, 0.4) is 0 Å². The van der Waals surface area contributed by atoms with Crippen LogP contribution in [-0.2, 0) is 0 Å². The molecule has 0 amide bonds. The lowest BCUT2D eigenvalue weighted by Crippen LogP contribution is -2.01. The van der Waals surface area contributed by atoms with Crippen LogP contribution < -0.4 is 5.32 Å². The molecule has 5 heteroatoms. The van der Waals surface area contributed by atoms with E-state index in [-0.39, 0.29) is 0 Å². The van der Waals surface area contributed by atoms with E-state index in [0.717, 1.165) is 28.0 Å². The highest BCUT2D eigenvalue weighted by atomic mass is 15.1. The summed E-state index contributed by atoms with van der Waals surface area (Å²) in [5.41, 5.74) is 6.12. The van der Waals surface area contributed by atoms with Gasteiger partial charge in [0.2, 0.25) is 5.95 Å². The lowest BCUT2D eigenvalue weighted by atomic mass is 10.1. The highest BCUT2D eigenvalue weighted by Crippen LogP contribution is 2.27. The SMILES string of the molecule is Cc1cccc(C)c1Nc1nccc(-c2c[nH]c3ncccc23)n1. The maximum absolute atomic E-state index is 4.67. The largest absolute Gasteiger partial charge is 0.345 e. The summed E-state index contributed by atoms with van der Waals surface area (Å²) in [4.78, 5) is 16.5. The quantitative estimate of drug-likeness (QED) is 0.589. The average molecular weight is 315 g/mol. The summed E-state index contributed by atoms with van der Waals surface area (Å²) < 4.78 is 0. The predicted molar refractivity (Wildman–Crippen MR) is 96.3 cm³/mol. The number of aromatic nitrogens is 4. The molecule has 0 saturated heterocycles. The van der Waals surface area contributed by atoms with Gasteiger partial charge in [0.15, 0.2) is 0 Å². The Morgan fingerprint density at radius 2 is 1.75 bits per heavy atom. The number of aryl methyl sites for hydroxylation is 2. The van der Waals surface area contributed by atoms with E-state index in [0.29, 0.717) is 5.95 Å². The van der Waals surface area contributed by atoms with Gasteiger partial charge in [-0.25, -0.2) is 15.0 Å². The molecule has 5 nitrogen and oxygen atoms in total. The van der Waals surface area contributed by atoms with E-state index in [9.17, 15) is 0 Å². The molecule has 24 heavy (non-hydrogen) atoms. The minimum Gasteiger partial charge on any atom is -0.345 e. The maximum Gasteiger partial charge on any atom is 0.227 e. The number of benzene rings is 1. The summed E-state index contributed by atoms with van der Waals surface area (Å²) in [6.45, 7) is 4.15. The Kier molecular flexibility index (Phi) is 3.46. The van der Waals surface area contributed by atoms with E-state index >= 15 is 0 Å². The fraction of sp³-hybridized carbons (Fsp3) is 0.105. The first-order chi connectivity index (χ1) is 11.7. The molecule has 0 atom stereocenters. The Hall–Kier alpha value is -3.21. The zero-order valence-corrected chi connectivity index (χ0v) is 13.5. The van der Waals surface area contributed by atoms with E-state index in [1.807, 2.05) is 30.5 Å². The van der Waals surface area contributed by atoms with Crippen molar-refractivity contribution in [3.8, 4) is 11.3 Å². The van der Waals surface area contributed by atoms with Crippen LogP contribution in [0.15, 0.2) is 55.0 Å². The first kappa shape index (κ1) is 14.4. The molecule has 0 fully saturated rings. The van der Waals surface area contributed by atoms with Gasteiger partial charge in [0, 0.05) is 35.2 Å². The number of H-pyrrole nitrogens is 1. The molecular weight excluding hydrogens is 298 g/mol. The normalized spacial score (nSPS) is 10.9. The van der Waals surface area contributed by atoms with Gasteiger partial charge < -0.3 is 10.3 Å². The van der Waals surface area contributed by atoms with Gasteiger partial charge in [0.25, 0.3) is 0 Å². The fourth-order valence-electron chi connectivity index (χ4n) is 2.86. The van der Waals surface area contributed by atoms with Gasteiger partial charge in [0.05, 0.1) is 5.69 Å². The Morgan fingerprint density at radius 3 is 2.58 bits per heavy atom. The Bertz CT molecular complexity index is 999. The molecule has 0 bridgehead atoms. The van der Waals surface area contributed by atoms with Crippen LogP contribution >= 0.6 is 0 Å². The highest BCUT2D eigenvalue weighted by Gasteiger charge is 2.10. The van der Waals surface area contributed by atoms with Crippen molar-refractivity contribution < 1.29 is 0 Å². The molecule has 0 radical (unpaired) electrons. The number of nitrogens with zero attached hydrogens (tertiary/aromatic N) is 3. The molecule has 3 aromatic heterocycles. The molecule has 118 valence electrons. The third-order valence-corrected chi connectivity index (χ3v) is 4.10. The molecule has 4 rings (SSSR count). The smallest absolute Gasteiger partial charge is 0.227 e. The second-order valence-electron chi connectivity index (χ2n) is 5.76. The predicted octanol–water partition coefficient (Wildman–Crippen LogP) is 4.38. The Labute approximate surface area is 139 Å². The third-order valence-electron chi connectivity index (χ3n) is 4.10. The molecule has 2 N–H and O–H groups in total. The summed E-state index contributed by atoms with van der Waals surface area (Å²) in [6, 6.07) is 12.1. The van der Waals surface area contributed by atoms with Gasteiger partial charge >= 0.3 is 0 Å². The molecule has 0 spiro atoms. The number of nitrogens with one attached hydrogen (secondary N) is 2. The van der Waals surface area contributed by atoms with Crippen LogP contribution in [0, 0.1) is 13.8 Å². The molecule has 3 heterocycles.